The van der Waals surface area contributed by atoms with Crippen LogP contribution in [0, 0.1) is 6.92 Å². The summed E-state index contributed by atoms with van der Waals surface area (Å²) in [5, 5.41) is 3.36. The van der Waals surface area contributed by atoms with Gasteiger partial charge in [0.15, 0.2) is 0 Å². The number of rotatable bonds is 2. The minimum Gasteiger partial charge on any atom is -0.344 e. The standard InChI is InChI=1S/C19H21F3N4O/c1-12-11-16(13-3-5-14(6-4-13)19(20,21)22)25-18(24-12)15-7-8-17(27)26(2)10-9-23-15/h3-6,11,15,23H,7-10H2,1-2H3/t15-/m1/s1. The number of amides is 1. The van der Waals surface area contributed by atoms with Gasteiger partial charge >= 0.3 is 6.18 Å². The molecule has 1 amide bonds. The molecular formula is C19H21F3N4O. The van der Waals surface area contributed by atoms with Crippen LogP contribution >= 0.6 is 0 Å². The molecule has 3 rings (SSSR count). The molecule has 27 heavy (non-hydrogen) atoms. The van der Waals surface area contributed by atoms with Crippen molar-refractivity contribution in [3.05, 3.63) is 47.4 Å². The number of nitrogens with zero attached hydrogens (tertiary/aromatic N) is 3. The van der Waals surface area contributed by atoms with Crippen molar-refractivity contribution < 1.29 is 18.0 Å². The van der Waals surface area contributed by atoms with Gasteiger partial charge in [0, 0.05) is 37.8 Å². The number of hydrogen-bond acceptors (Lipinski definition) is 4. The maximum absolute atomic E-state index is 12.8. The molecule has 8 heteroatoms. The van der Waals surface area contributed by atoms with Gasteiger partial charge in [0.25, 0.3) is 0 Å². The van der Waals surface area contributed by atoms with Crippen molar-refractivity contribution in [3.8, 4) is 11.3 Å². The van der Waals surface area contributed by atoms with Gasteiger partial charge in [-0.3, -0.25) is 4.79 Å². The van der Waals surface area contributed by atoms with Crippen molar-refractivity contribution in [2.45, 2.75) is 32.0 Å². The number of carbonyl (C=O) groups is 1. The lowest BCUT2D eigenvalue weighted by atomic mass is 10.1. The summed E-state index contributed by atoms with van der Waals surface area (Å²) in [4.78, 5) is 22.7. The molecule has 1 aliphatic rings. The number of aromatic nitrogens is 2. The maximum Gasteiger partial charge on any atom is 0.416 e. The first-order valence-electron chi connectivity index (χ1n) is 8.74. The third kappa shape index (κ3) is 4.63. The summed E-state index contributed by atoms with van der Waals surface area (Å²) < 4.78 is 38.3. The molecule has 144 valence electrons. The fraction of sp³-hybridized carbons (Fsp3) is 0.421. The number of alkyl halides is 3. The fourth-order valence-corrected chi connectivity index (χ4v) is 3.04. The monoisotopic (exact) mass is 378 g/mol. The average Bonchev–Trinajstić information content (AvgIpc) is 2.61. The summed E-state index contributed by atoms with van der Waals surface area (Å²) in [5.41, 5.74) is 1.19. The van der Waals surface area contributed by atoms with Gasteiger partial charge in [-0.15, -0.1) is 0 Å². The van der Waals surface area contributed by atoms with Gasteiger partial charge in [-0.1, -0.05) is 12.1 Å². The largest absolute Gasteiger partial charge is 0.416 e. The van der Waals surface area contributed by atoms with Crippen molar-refractivity contribution in [1.82, 2.24) is 20.2 Å². The molecule has 1 aromatic carbocycles. The van der Waals surface area contributed by atoms with Crippen LogP contribution in [0.3, 0.4) is 0 Å². The highest BCUT2D eigenvalue weighted by Gasteiger charge is 2.30. The Morgan fingerprint density at radius 2 is 1.89 bits per heavy atom. The molecule has 2 heterocycles. The van der Waals surface area contributed by atoms with Crippen LogP contribution in [0.1, 0.15) is 36.0 Å². The molecule has 0 radical (unpaired) electrons. The Morgan fingerprint density at radius 3 is 2.56 bits per heavy atom. The van der Waals surface area contributed by atoms with Gasteiger partial charge in [0.2, 0.25) is 5.91 Å². The summed E-state index contributed by atoms with van der Waals surface area (Å²) in [5.74, 6) is 0.638. The summed E-state index contributed by atoms with van der Waals surface area (Å²) in [6.45, 7) is 3.05. The first-order chi connectivity index (χ1) is 12.7. The number of likely N-dealkylation sites (N-methyl/N-ethyl adjacent to an activating group) is 1. The van der Waals surface area contributed by atoms with Gasteiger partial charge in [-0.05, 0) is 31.5 Å². The van der Waals surface area contributed by atoms with E-state index in [0.717, 1.165) is 17.8 Å². The van der Waals surface area contributed by atoms with Gasteiger partial charge < -0.3 is 10.2 Å². The van der Waals surface area contributed by atoms with Gasteiger partial charge in [0.1, 0.15) is 5.82 Å². The molecule has 0 saturated carbocycles. The summed E-state index contributed by atoms with van der Waals surface area (Å²) >= 11 is 0. The van der Waals surface area contributed by atoms with Crippen LogP contribution in [0.15, 0.2) is 30.3 Å². The fourth-order valence-electron chi connectivity index (χ4n) is 3.04. The Bertz CT molecular complexity index is 821. The minimum atomic E-state index is -4.37. The van der Waals surface area contributed by atoms with Crippen molar-refractivity contribution in [1.29, 1.82) is 0 Å². The Balaban J connectivity index is 1.87. The lowest BCUT2D eigenvalue weighted by Crippen LogP contribution is -2.39. The lowest BCUT2D eigenvalue weighted by molar-refractivity contribution is -0.137. The van der Waals surface area contributed by atoms with Crippen LogP contribution in [-0.2, 0) is 11.0 Å². The van der Waals surface area contributed by atoms with E-state index < -0.39 is 11.7 Å². The van der Waals surface area contributed by atoms with Crippen molar-refractivity contribution in [2.75, 3.05) is 20.1 Å². The first kappa shape index (κ1) is 19.3. The topological polar surface area (TPSA) is 58.1 Å². The molecule has 0 aliphatic carbocycles. The zero-order valence-electron chi connectivity index (χ0n) is 15.2. The van der Waals surface area contributed by atoms with E-state index in [1.807, 2.05) is 6.92 Å². The number of nitrogens with one attached hydrogen (secondary N) is 1. The Morgan fingerprint density at radius 1 is 1.19 bits per heavy atom. The van der Waals surface area contributed by atoms with Gasteiger partial charge in [0.05, 0.1) is 17.3 Å². The third-order valence-electron chi connectivity index (χ3n) is 4.60. The van der Waals surface area contributed by atoms with E-state index in [1.165, 1.54) is 12.1 Å². The van der Waals surface area contributed by atoms with Gasteiger partial charge in [-0.2, -0.15) is 13.2 Å². The number of benzene rings is 1. The van der Waals surface area contributed by atoms with Crippen molar-refractivity contribution in [3.63, 3.8) is 0 Å². The quantitative estimate of drug-likeness (QED) is 0.871. The number of halogens is 3. The second-order valence-corrected chi connectivity index (χ2v) is 6.69. The van der Waals surface area contributed by atoms with Crippen LogP contribution in [-0.4, -0.2) is 40.9 Å². The Hall–Kier alpha value is -2.48. The summed E-state index contributed by atoms with van der Waals surface area (Å²) in [7, 11) is 1.77. The van der Waals surface area contributed by atoms with E-state index in [1.54, 1.807) is 18.0 Å². The molecule has 2 aromatic rings. The van der Waals surface area contributed by atoms with Gasteiger partial charge in [-0.25, -0.2) is 9.97 Å². The molecular weight excluding hydrogens is 357 g/mol. The summed E-state index contributed by atoms with van der Waals surface area (Å²) in [6.07, 6.45) is -3.41. The van der Waals surface area contributed by atoms with Crippen LogP contribution < -0.4 is 5.32 Å². The molecule has 1 aromatic heterocycles. The SMILES string of the molecule is Cc1cc(-c2ccc(C(F)(F)F)cc2)nc([C@H]2CCC(=O)N(C)CCN2)n1. The molecule has 0 spiro atoms. The number of aryl methyl sites for hydroxylation is 1. The predicted octanol–water partition coefficient (Wildman–Crippen LogP) is 3.35. The van der Waals surface area contributed by atoms with Crippen LogP contribution in [0.4, 0.5) is 13.2 Å². The zero-order chi connectivity index (χ0) is 19.6. The molecule has 1 saturated heterocycles. The zero-order valence-corrected chi connectivity index (χ0v) is 15.2. The number of carbonyl (C=O) groups excluding carboxylic acids is 1. The molecule has 5 nitrogen and oxygen atoms in total. The molecule has 0 unspecified atom stereocenters. The molecule has 1 aliphatic heterocycles. The van der Waals surface area contributed by atoms with E-state index in [4.69, 9.17) is 0 Å². The second-order valence-electron chi connectivity index (χ2n) is 6.69. The highest BCUT2D eigenvalue weighted by atomic mass is 19.4. The highest BCUT2D eigenvalue weighted by molar-refractivity contribution is 5.76. The van der Waals surface area contributed by atoms with E-state index in [0.29, 0.717) is 43.0 Å². The van der Waals surface area contributed by atoms with E-state index in [-0.39, 0.29) is 11.9 Å². The Kier molecular flexibility index (Phi) is 5.46. The predicted molar refractivity (Wildman–Crippen MR) is 94.8 cm³/mol. The smallest absolute Gasteiger partial charge is 0.344 e. The molecule has 0 bridgehead atoms. The number of hydrogen-bond donors (Lipinski definition) is 1. The van der Waals surface area contributed by atoms with Crippen molar-refractivity contribution in [2.24, 2.45) is 0 Å². The molecule has 1 fully saturated rings. The molecule has 1 atom stereocenters. The third-order valence-corrected chi connectivity index (χ3v) is 4.60. The summed E-state index contributed by atoms with van der Waals surface area (Å²) in [6, 6.07) is 6.50. The maximum atomic E-state index is 12.8. The van der Waals surface area contributed by atoms with E-state index in [2.05, 4.69) is 15.3 Å². The van der Waals surface area contributed by atoms with Crippen molar-refractivity contribution >= 4 is 5.91 Å². The van der Waals surface area contributed by atoms with E-state index in [9.17, 15) is 18.0 Å². The first-order valence-corrected chi connectivity index (χ1v) is 8.74. The lowest BCUT2D eigenvalue weighted by Gasteiger charge is -2.25. The Labute approximate surface area is 155 Å². The van der Waals surface area contributed by atoms with E-state index >= 15 is 0 Å². The normalized spacial score (nSPS) is 18.9. The van der Waals surface area contributed by atoms with Crippen LogP contribution in [0.5, 0.6) is 0 Å². The minimum absolute atomic E-state index is 0.0807. The molecule has 1 N–H and O–H groups in total. The average molecular weight is 378 g/mol. The highest BCUT2D eigenvalue weighted by Crippen LogP contribution is 2.31. The van der Waals surface area contributed by atoms with Crippen LogP contribution in [0.2, 0.25) is 0 Å². The second kappa shape index (κ2) is 7.64. The van der Waals surface area contributed by atoms with Crippen LogP contribution in [0.25, 0.3) is 11.3 Å².